The van der Waals surface area contributed by atoms with Gasteiger partial charge in [0.15, 0.2) is 23.0 Å². The summed E-state index contributed by atoms with van der Waals surface area (Å²) in [6, 6.07) is 40.1. The number of aryl methyl sites for hydroxylation is 1. The predicted octanol–water partition coefficient (Wildman–Crippen LogP) is 8.27. The van der Waals surface area contributed by atoms with Gasteiger partial charge in [-0.2, -0.15) is 0 Å². The molecular formula is C46H48N2O7. The fourth-order valence-corrected chi connectivity index (χ4v) is 7.79. The van der Waals surface area contributed by atoms with Gasteiger partial charge in [0.2, 0.25) is 12.7 Å². The predicted molar refractivity (Wildman–Crippen MR) is 211 cm³/mol. The second kappa shape index (κ2) is 17.5. The van der Waals surface area contributed by atoms with E-state index in [1.165, 1.54) is 0 Å². The van der Waals surface area contributed by atoms with Crippen LogP contribution in [0.25, 0.3) is 0 Å². The summed E-state index contributed by atoms with van der Waals surface area (Å²) in [5.74, 6) is 3.07. The molecule has 0 aliphatic carbocycles. The molecule has 0 aromatic heterocycles. The van der Waals surface area contributed by atoms with Crippen LogP contribution in [0.4, 0.5) is 0 Å². The molecule has 9 nitrogen and oxygen atoms in total. The Kier molecular flexibility index (Phi) is 11.9. The second-order valence-electron chi connectivity index (χ2n) is 13.8. The second-order valence-corrected chi connectivity index (χ2v) is 13.8. The molecule has 0 saturated heterocycles. The summed E-state index contributed by atoms with van der Waals surface area (Å²) in [6.45, 7) is 1.45. The maximum atomic E-state index is 15.4. The van der Waals surface area contributed by atoms with E-state index in [1.807, 2.05) is 103 Å². The molecule has 0 radical (unpaired) electrons. The highest BCUT2D eigenvalue weighted by Gasteiger charge is 2.50. The van der Waals surface area contributed by atoms with Crippen LogP contribution in [0, 0.1) is 0 Å². The van der Waals surface area contributed by atoms with E-state index in [-0.39, 0.29) is 25.2 Å². The van der Waals surface area contributed by atoms with Crippen molar-refractivity contribution >= 4 is 5.91 Å². The Hall–Kier alpha value is -5.93. The number of hydrogen-bond donors (Lipinski definition) is 1. The number of nitrogens with one attached hydrogen (secondary N) is 1. The van der Waals surface area contributed by atoms with Gasteiger partial charge in [0, 0.05) is 25.6 Å². The van der Waals surface area contributed by atoms with Crippen molar-refractivity contribution in [2.45, 2.75) is 50.4 Å². The van der Waals surface area contributed by atoms with Crippen molar-refractivity contribution in [2.24, 2.45) is 0 Å². The van der Waals surface area contributed by atoms with Gasteiger partial charge in [0.25, 0.3) is 0 Å². The Balaban J connectivity index is 1.41. The standard InChI is InChI=1S/C46H48N2O7/c1-50-41-22-21-35(25-42(41)51-2)24-40-39-27-44(54-30-34-16-9-5-10-17-34)43(52-3)26-36(39)18-13-23-48(40)46(28-38-31-53-32-55-38,37-19-11-6-12-20-37)45(49)47-29-33-14-7-4-8-15-33/h4-12,14-17,19-22,25-27,31,40H,13,18,23-24,28-30,32H2,1-3H3,(H,47,49). The molecule has 0 saturated carbocycles. The molecule has 55 heavy (non-hydrogen) atoms. The maximum Gasteiger partial charge on any atom is 0.245 e. The number of ether oxygens (including phenoxy) is 6. The molecule has 0 spiro atoms. The van der Waals surface area contributed by atoms with Gasteiger partial charge in [0.1, 0.15) is 24.2 Å². The molecule has 2 aliphatic rings. The first kappa shape index (κ1) is 37.4. The van der Waals surface area contributed by atoms with Crippen molar-refractivity contribution in [2.75, 3.05) is 34.7 Å². The molecule has 0 bridgehead atoms. The molecule has 7 rings (SSSR count). The Labute approximate surface area is 323 Å². The zero-order chi connectivity index (χ0) is 38.0. The SMILES string of the molecule is COc1ccc(CC2c3cc(OCc4ccccc4)c(OC)cc3CCCN2C(CC2=COCO2)(C(=O)NCc2ccccc2)c2ccccc2)cc1OC. The summed E-state index contributed by atoms with van der Waals surface area (Å²) in [6.07, 6.45) is 4.01. The lowest BCUT2D eigenvalue weighted by Gasteiger charge is -2.47. The first-order valence-electron chi connectivity index (χ1n) is 18.7. The van der Waals surface area contributed by atoms with Gasteiger partial charge in [-0.1, -0.05) is 97.1 Å². The first-order valence-corrected chi connectivity index (χ1v) is 18.7. The van der Waals surface area contributed by atoms with Crippen LogP contribution < -0.4 is 24.3 Å². The Morgan fingerprint density at radius 1 is 0.764 bits per heavy atom. The molecule has 5 aromatic rings. The largest absolute Gasteiger partial charge is 0.493 e. The zero-order valence-electron chi connectivity index (χ0n) is 31.7. The highest BCUT2D eigenvalue weighted by atomic mass is 16.7. The van der Waals surface area contributed by atoms with E-state index in [2.05, 4.69) is 28.4 Å². The van der Waals surface area contributed by atoms with Gasteiger partial charge in [0.05, 0.1) is 21.3 Å². The number of rotatable bonds is 15. The van der Waals surface area contributed by atoms with Crippen LogP contribution in [-0.4, -0.2) is 45.5 Å². The molecule has 2 aliphatic heterocycles. The topological polar surface area (TPSA) is 87.7 Å². The number of benzene rings is 5. The van der Waals surface area contributed by atoms with E-state index in [9.17, 15) is 0 Å². The Bertz CT molecular complexity index is 2070. The third-order valence-electron chi connectivity index (χ3n) is 10.5. The number of carbonyl (C=O) groups is 1. The van der Waals surface area contributed by atoms with E-state index < -0.39 is 5.54 Å². The van der Waals surface area contributed by atoms with E-state index in [1.54, 1.807) is 27.6 Å². The Morgan fingerprint density at radius 3 is 2.11 bits per heavy atom. The normalized spacial score (nSPS) is 16.3. The minimum atomic E-state index is -1.22. The first-order chi connectivity index (χ1) is 27.0. The molecule has 1 N–H and O–H groups in total. The maximum absolute atomic E-state index is 15.4. The van der Waals surface area contributed by atoms with Crippen molar-refractivity contribution in [1.29, 1.82) is 0 Å². The zero-order valence-corrected chi connectivity index (χ0v) is 31.7. The fourth-order valence-electron chi connectivity index (χ4n) is 7.79. The van der Waals surface area contributed by atoms with Crippen molar-refractivity contribution in [3.63, 3.8) is 0 Å². The van der Waals surface area contributed by atoms with Gasteiger partial charge in [-0.3, -0.25) is 9.69 Å². The average Bonchev–Trinajstić information content (AvgIpc) is 3.70. The number of nitrogens with zero attached hydrogens (tertiary/aromatic N) is 1. The number of carbonyl (C=O) groups excluding carboxylic acids is 1. The molecule has 2 unspecified atom stereocenters. The number of hydrogen-bond acceptors (Lipinski definition) is 8. The van der Waals surface area contributed by atoms with Crippen LogP contribution in [0.15, 0.2) is 133 Å². The van der Waals surface area contributed by atoms with Crippen molar-refractivity contribution in [1.82, 2.24) is 10.2 Å². The number of fused-ring (bicyclic) bond motifs is 1. The van der Waals surface area contributed by atoms with Crippen LogP contribution in [-0.2, 0) is 45.8 Å². The summed E-state index contributed by atoms with van der Waals surface area (Å²) in [4.78, 5) is 17.8. The van der Waals surface area contributed by atoms with Gasteiger partial charge in [-0.15, -0.1) is 0 Å². The lowest BCUT2D eigenvalue weighted by molar-refractivity contribution is -0.138. The monoisotopic (exact) mass is 740 g/mol. The van der Waals surface area contributed by atoms with Crippen LogP contribution >= 0.6 is 0 Å². The lowest BCUT2D eigenvalue weighted by Crippen LogP contribution is -2.58. The van der Waals surface area contributed by atoms with Crippen LogP contribution in [0.2, 0.25) is 0 Å². The summed E-state index contributed by atoms with van der Waals surface area (Å²) < 4.78 is 35.5. The van der Waals surface area contributed by atoms with Gasteiger partial charge in [-0.25, -0.2) is 0 Å². The van der Waals surface area contributed by atoms with Gasteiger partial charge >= 0.3 is 0 Å². The Morgan fingerprint density at radius 2 is 1.44 bits per heavy atom. The van der Waals surface area contributed by atoms with Gasteiger partial charge < -0.3 is 33.7 Å². The summed E-state index contributed by atoms with van der Waals surface area (Å²) in [7, 11) is 4.96. The third-order valence-corrected chi connectivity index (χ3v) is 10.5. The van der Waals surface area contributed by atoms with E-state index >= 15 is 4.79 Å². The molecule has 0 fully saturated rings. The molecular weight excluding hydrogens is 693 g/mol. The molecule has 1 amide bonds. The third kappa shape index (κ3) is 8.27. The quantitative estimate of drug-likeness (QED) is 0.115. The minimum absolute atomic E-state index is 0.103. The smallest absolute Gasteiger partial charge is 0.245 e. The van der Waals surface area contributed by atoms with Crippen molar-refractivity contribution in [3.05, 3.63) is 167 Å². The average molecular weight is 741 g/mol. The molecule has 284 valence electrons. The summed E-state index contributed by atoms with van der Waals surface area (Å²) >= 11 is 0. The van der Waals surface area contributed by atoms with Crippen molar-refractivity contribution in [3.8, 4) is 23.0 Å². The van der Waals surface area contributed by atoms with Crippen molar-refractivity contribution < 1.29 is 33.2 Å². The minimum Gasteiger partial charge on any atom is -0.493 e. The van der Waals surface area contributed by atoms with Crippen LogP contribution in [0.3, 0.4) is 0 Å². The van der Waals surface area contributed by atoms with Crippen LogP contribution in [0.5, 0.6) is 23.0 Å². The van der Waals surface area contributed by atoms with E-state index in [0.717, 1.165) is 46.2 Å². The highest BCUT2D eigenvalue weighted by Crippen LogP contribution is 2.47. The number of methoxy groups -OCH3 is 3. The fraction of sp³-hybridized carbons (Fsp3) is 0.283. The highest BCUT2D eigenvalue weighted by molar-refractivity contribution is 5.88. The van der Waals surface area contributed by atoms with Crippen LogP contribution in [0.1, 0.15) is 52.3 Å². The molecule has 2 atom stereocenters. The van der Waals surface area contributed by atoms with Gasteiger partial charge in [-0.05, 0) is 76.9 Å². The number of amides is 1. The molecule has 9 heteroatoms. The molecule has 5 aromatic carbocycles. The van der Waals surface area contributed by atoms with E-state index in [0.29, 0.717) is 54.9 Å². The summed E-state index contributed by atoms with van der Waals surface area (Å²) in [5, 5.41) is 3.35. The summed E-state index contributed by atoms with van der Waals surface area (Å²) in [5.41, 5.74) is 4.92. The molecule has 2 heterocycles. The van der Waals surface area contributed by atoms with E-state index in [4.69, 9.17) is 28.4 Å². The lowest BCUT2D eigenvalue weighted by atomic mass is 9.80.